The standard InChI is InChI=1S/C24H32N2O4S/c1-17-4-6-21(7-5-17)31(27,28)24(18-8-11-25-12-9-18)26-13-10-19-14-22(29-2)23(30-3)15-20(19)16-26/h4-7,14-15,18,24-25H,8-13,16H2,1-3H3. The molecule has 6 nitrogen and oxygen atoms in total. The minimum atomic E-state index is -3.51. The fraction of sp³-hybridized carbons (Fsp3) is 0.500. The summed E-state index contributed by atoms with van der Waals surface area (Å²) in [5.41, 5.74) is 3.37. The van der Waals surface area contributed by atoms with Crippen molar-refractivity contribution in [2.75, 3.05) is 33.9 Å². The predicted octanol–water partition coefficient (Wildman–Crippen LogP) is 3.17. The van der Waals surface area contributed by atoms with Crippen molar-refractivity contribution in [3.05, 3.63) is 53.1 Å². The average molecular weight is 445 g/mol. The first-order valence-corrected chi connectivity index (χ1v) is 12.5. The topological polar surface area (TPSA) is 67.9 Å². The number of hydrogen-bond donors (Lipinski definition) is 1. The molecule has 7 heteroatoms. The summed E-state index contributed by atoms with van der Waals surface area (Å²) in [5.74, 6) is 1.51. The number of methoxy groups -OCH3 is 2. The molecule has 1 saturated heterocycles. The Hall–Kier alpha value is -2.09. The van der Waals surface area contributed by atoms with Gasteiger partial charge in [0, 0.05) is 13.1 Å². The second-order valence-electron chi connectivity index (χ2n) is 8.53. The van der Waals surface area contributed by atoms with Crippen molar-refractivity contribution >= 4 is 9.84 Å². The molecule has 168 valence electrons. The van der Waals surface area contributed by atoms with E-state index in [1.165, 1.54) is 5.56 Å². The Bertz CT molecular complexity index is 1010. The number of nitrogens with one attached hydrogen (secondary N) is 1. The zero-order valence-corrected chi connectivity index (χ0v) is 19.4. The van der Waals surface area contributed by atoms with Gasteiger partial charge in [-0.2, -0.15) is 0 Å². The van der Waals surface area contributed by atoms with Crippen molar-refractivity contribution in [1.29, 1.82) is 0 Å². The van der Waals surface area contributed by atoms with E-state index < -0.39 is 15.2 Å². The SMILES string of the molecule is COc1cc2c(cc1OC)CN(C(C1CCNCC1)S(=O)(=O)c1ccc(C)cc1)CC2. The molecule has 2 aliphatic rings. The molecular formula is C24H32N2O4S. The van der Waals surface area contributed by atoms with E-state index in [4.69, 9.17) is 9.47 Å². The summed E-state index contributed by atoms with van der Waals surface area (Å²) >= 11 is 0. The zero-order chi connectivity index (χ0) is 22.0. The van der Waals surface area contributed by atoms with Crippen LogP contribution in [-0.2, 0) is 22.8 Å². The van der Waals surface area contributed by atoms with Gasteiger partial charge in [0.15, 0.2) is 21.3 Å². The summed E-state index contributed by atoms with van der Waals surface area (Å²) in [7, 11) is -0.237. The fourth-order valence-corrected chi connectivity index (χ4v) is 7.01. The van der Waals surface area contributed by atoms with Crippen molar-refractivity contribution in [2.24, 2.45) is 5.92 Å². The summed E-state index contributed by atoms with van der Waals surface area (Å²) < 4.78 is 38.7. The van der Waals surface area contributed by atoms with Crippen molar-refractivity contribution in [3.63, 3.8) is 0 Å². The van der Waals surface area contributed by atoms with Gasteiger partial charge >= 0.3 is 0 Å². The van der Waals surface area contributed by atoms with Crippen LogP contribution in [0.25, 0.3) is 0 Å². The van der Waals surface area contributed by atoms with Gasteiger partial charge < -0.3 is 14.8 Å². The highest BCUT2D eigenvalue weighted by Gasteiger charge is 2.40. The first-order chi connectivity index (χ1) is 14.9. The Kier molecular flexibility index (Phi) is 6.55. The van der Waals surface area contributed by atoms with E-state index in [0.29, 0.717) is 23.7 Å². The molecule has 0 amide bonds. The Balaban J connectivity index is 1.70. The molecule has 0 aliphatic carbocycles. The Morgan fingerprint density at radius 3 is 2.23 bits per heavy atom. The highest BCUT2D eigenvalue weighted by molar-refractivity contribution is 7.92. The van der Waals surface area contributed by atoms with Gasteiger partial charge in [0.05, 0.1) is 19.1 Å². The van der Waals surface area contributed by atoms with Gasteiger partial charge in [-0.1, -0.05) is 17.7 Å². The minimum absolute atomic E-state index is 0.106. The summed E-state index contributed by atoms with van der Waals surface area (Å²) in [6, 6.07) is 11.3. The third-order valence-electron chi connectivity index (χ3n) is 6.56. The lowest BCUT2D eigenvalue weighted by Crippen LogP contribution is -2.50. The van der Waals surface area contributed by atoms with Gasteiger partial charge in [-0.15, -0.1) is 0 Å². The molecule has 0 spiro atoms. The Labute approximate surface area is 185 Å². The number of rotatable bonds is 6. The summed E-state index contributed by atoms with van der Waals surface area (Å²) in [5, 5.41) is 2.84. The molecule has 2 aromatic rings. The van der Waals surface area contributed by atoms with E-state index in [9.17, 15) is 8.42 Å². The van der Waals surface area contributed by atoms with Crippen LogP contribution in [-0.4, -0.2) is 52.5 Å². The lowest BCUT2D eigenvalue weighted by atomic mass is 9.94. The van der Waals surface area contributed by atoms with E-state index in [1.807, 2.05) is 31.2 Å². The van der Waals surface area contributed by atoms with E-state index in [0.717, 1.165) is 49.2 Å². The molecule has 2 heterocycles. The number of fused-ring (bicyclic) bond motifs is 1. The van der Waals surface area contributed by atoms with Crippen molar-refractivity contribution in [3.8, 4) is 11.5 Å². The molecule has 0 aromatic heterocycles. The molecule has 1 fully saturated rings. The maximum Gasteiger partial charge on any atom is 0.194 e. The highest BCUT2D eigenvalue weighted by Crippen LogP contribution is 2.37. The number of benzene rings is 2. The van der Waals surface area contributed by atoms with Crippen LogP contribution in [0.15, 0.2) is 41.3 Å². The second-order valence-corrected chi connectivity index (χ2v) is 10.6. The predicted molar refractivity (Wildman–Crippen MR) is 121 cm³/mol. The van der Waals surface area contributed by atoms with Crippen molar-refractivity contribution in [2.45, 2.75) is 43.0 Å². The maximum atomic E-state index is 13.9. The van der Waals surface area contributed by atoms with Crippen LogP contribution < -0.4 is 14.8 Å². The van der Waals surface area contributed by atoms with Gasteiger partial charge in [0.25, 0.3) is 0 Å². The summed E-state index contributed by atoms with van der Waals surface area (Å²) in [6.45, 7) is 5.00. The lowest BCUT2D eigenvalue weighted by molar-refractivity contribution is 0.159. The smallest absolute Gasteiger partial charge is 0.194 e. The lowest BCUT2D eigenvalue weighted by Gasteiger charge is -2.40. The van der Waals surface area contributed by atoms with Gasteiger partial charge in [0.1, 0.15) is 5.37 Å². The molecule has 0 saturated carbocycles. The van der Waals surface area contributed by atoms with Crippen LogP contribution in [0.5, 0.6) is 11.5 Å². The molecule has 31 heavy (non-hydrogen) atoms. The number of hydrogen-bond acceptors (Lipinski definition) is 6. The third kappa shape index (κ3) is 4.45. The van der Waals surface area contributed by atoms with E-state index in [-0.39, 0.29) is 5.92 Å². The second kappa shape index (κ2) is 9.18. The largest absolute Gasteiger partial charge is 0.493 e. The first kappa shape index (κ1) is 22.1. The molecule has 0 bridgehead atoms. The van der Waals surface area contributed by atoms with Gasteiger partial charge in [-0.3, -0.25) is 4.90 Å². The molecule has 1 unspecified atom stereocenters. The molecule has 1 atom stereocenters. The third-order valence-corrected chi connectivity index (χ3v) is 8.81. The molecule has 0 radical (unpaired) electrons. The molecular weight excluding hydrogens is 412 g/mol. The summed E-state index contributed by atoms with van der Waals surface area (Å²) in [4.78, 5) is 2.58. The van der Waals surface area contributed by atoms with Gasteiger partial charge in [-0.05, 0) is 80.6 Å². The normalized spacial score (nSPS) is 18.9. The van der Waals surface area contributed by atoms with Crippen LogP contribution in [0.2, 0.25) is 0 Å². The zero-order valence-electron chi connectivity index (χ0n) is 18.6. The van der Waals surface area contributed by atoms with Gasteiger partial charge in [0.2, 0.25) is 0 Å². The first-order valence-electron chi connectivity index (χ1n) is 10.9. The van der Waals surface area contributed by atoms with Crippen molar-refractivity contribution < 1.29 is 17.9 Å². The van der Waals surface area contributed by atoms with E-state index in [1.54, 1.807) is 26.4 Å². The Morgan fingerprint density at radius 1 is 1.00 bits per heavy atom. The number of piperidine rings is 1. The quantitative estimate of drug-likeness (QED) is 0.738. The van der Waals surface area contributed by atoms with Crippen LogP contribution in [0, 0.1) is 12.8 Å². The Morgan fingerprint density at radius 2 is 1.61 bits per heavy atom. The minimum Gasteiger partial charge on any atom is -0.493 e. The highest BCUT2D eigenvalue weighted by atomic mass is 32.2. The van der Waals surface area contributed by atoms with Crippen molar-refractivity contribution in [1.82, 2.24) is 10.2 Å². The number of sulfone groups is 1. The number of nitrogens with zero attached hydrogens (tertiary/aromatic N) is 1. The monoisotopic (exact) mass is 444 g/mol. The van der Waals surface area contributed by atoms with E-state index >= 15 is 0 Å². The number of ether oxygens (including phenoxy) is 2. The molecule has 2 aromatic carbocycles. The van der Waals surface area contributed by atoms with Gasteiger partial charge in [-0.25, -0.2) is 8.42 Å². The summed E-state index contributed by atoms with van der Waals surface area (Å²) in [6.07, 6.45) is 2.52. The number of aryl methyl sites for hydroxylation is 1. The van der Waals surface area contributed by atoms with Crippen LogP contribution in [0.3, 0.4) is 0 Å². The fourth-order valence-electron chi connectivity index (χ4n) is 4.87. The van der Waals surface area contributed by atoms with E-state index in [2.05, 4.69) is 10.2 Å². The molecule has 2 aliphatic heterocycles. The molecule has 4 rings (SSSR count). The maximum absolute atomic E-state index is 13.9. The average Bonchev–Trinajstić information content (AvgIpc) is 2.79. The van der Waals surface area contributed by atoms with Crippen LogP contribution >= 0.6 is 0 Å². The van der Waals surface area contributed by atoms with Crippen LogP contribution in [0.4, 0.5) is 0 Å². The van der Waals surface area contributed by atoms with Crippen LogP contribution in [0.1, 0.15) is 29.5 Å². The molecule has 1 N–H and O–H groups in total.